The Morgan fingerprint density at radius 2 is 1.19 bits per heavy atom. The highest BCUT2D eigenvalue weighted by molar-refractivity contribution is 7.89. The fraction of sp³-hybridized carbons (Fsp3) is 0.300. The number of sulfone groups is 1. The van der Waals surface area contributed by atoms with Gasteiger partial charge in [0.2, 0.25) is 0 Å². The predicted octanol–water partition coefficient (Wildman–Crippen LogP) is 1.81. The van der Waals surface area contributed by atoms with Gasteiger partial charge in [-0.05, 0) is 35.4 Å². The minimum absolute atomic E-state index is 0.275. The molecule has 0 bridgehead atoms. The molecule has 0 unspecified atom stereocenters. The van der Waals surface area contributed by atoms with Crippen LogP contribution in [0, 0.1) is 0 Å². The fourth-order valence-corrected chi connectivity index (χ4v) is 4.34. The lowest BCUT2D eigenvalue weighted by Crippen LogP contribution is -2.14. The van der Waals surface area contributed by atoms with E-state index in [1.54, 1.807) is 24.3 Å². The zero-order valence-electron chi connectivity index (χ0n) is 17.0. The number of benzene rings is 2. The van der Waals surface area contributed by atoms with Crippen LogP contribution in [0.5, 0.6) is 11.5 Å². The first-order valence-corrected chi connectivity index (χ1v) is 10.9. The number of hydrogen-bond donors (Lipinski definition) is 4. The number of rotatable bonds is 12. The number of hydrogen-bond acceptors (Lipinski definition) is 8. The lowest BCUT2D eigenvalue weighted by atomic mass is 10.2. The number of carboxylic acid groups (broad SMARTS) is 2. The molecule has 0 aromatic heterocycles. The van der Waals surface area contributed by atoms with Crippen molar-refractivity contribution in [3.05, 3.63) is 47.5 Å². The maximum atomic E-state index is 12.7. The van der Waals surface area contributed by atoms with E-state index in [1.165, 1.54) is 26.4 Å². The molecule has 0 aliphatic heterocycles. The molecule has 2 rings (SSSR count). The van der Waals surface area contributed by atoms with Crippen molar-refractivity contribution in [3.63, 3.8) is 0 Å². The smallest absolute Gasteiger partial charge is 0.322 e. The van der Waals surface area contributed by atoms with E-state index in [0.717, 1.165) is 0 Å². The summed E-state index contributed by atoms with van der Waals surface area (Å²) >= 11 is 0. The number of anilines is 2. The first kappa shape index (κ1) is 23.8. The van der Waals surface area contributed by atoms with Crippen LogP contribution in [-0.2, 0) is 30.9 Å². The van der Waals surface area contributed by atoms with E-state index in [1.807, 2.05) is 0 Å². The minimum atomic E-state index is -3.59. The molecule has 0 saturated heterocycles. The molecule has 0 saturated carbocycles. The minimum Gasteiger partial charge on any atom is -0.495 e. The number of nitrogens with one attached hydrogen (secondary N) is 2. The first-order chi connectivity index (χ1) is 14.6. The molecule has 2 aromatic rings. The van der Waals surface area contributed by atoms with E-state index >= 15 is 0 Å². The number of ether oxygens (including phenoxy) is 2. The average Bonchev–Trinajstić information content (AvgIpc) is 2.70. The molecule has 0 amide bonds. The Balaban J connectivity index is 2.19. The SMILES string of the molecule is COc1ccc(CS(=O)(=O)Cc2ccc(OC)c(NCC(=O)O)c2)cc1NCC(=O)O. The molecule has 10 nitrogen and oxygen atoms in total. The van der Waals surface area contributed by atoms with Crippen LogP contribution in [0.15, 0.2) is 36.4 Å². The van der Waals surface area contributed by atoms with Crippen molar-refractivity contribution in [2.75, 3.05) is 37.9 Å². The van der Waals surface area contributed by atoms with Crippen molar-refractivity contribution < 1.29 is 37.7 Å². The second-order valence-corrected chi connectivity index (χ2v) is 8.66. The van der Waals surface area contributed by atoms with Crippen LogP contribution in [0.3, 0.4) is 0 Å². The zero-order valence-corrected chi connectivity index (χ0v) is 17.9. The third-order valence-corrected chi connectivity index (χ3v) is 5.71. The molecular weight excluding hydrogens is 428 g/mol. The Labute approximate surface area is 179 Å². The summed E-state index contributed by atoms with van der Waals surface area (Å²) < 4.78 is 35.8. The van der Waals surface area contributed by atoms with Gasteiger partial charge in [-0.15, -0.1) is 0 Å². The Morgan fingerprint density at radius 1 is 0.806 bits per heavy atom. The van der Waals surface area contributed by atoms with Crippen LogP contribution in [0.2, 0.25) is 0 Å². The van der Waals surface area contributed by atoms with Crippen molar-refractivity contribution in [2.24, 2.45) is 0 Å². The molecule has 0 radical (unpaired) electrons. The Morgan fingerprint density at radius 3 is 1.52 bits per heavy atom. The van der Waals surface area contributed by atoms with Crippen LogP contribution in [0.4, 0.5) is 11.4 Å². The van der Waals surface area contributed by atoms with E-state index in [4.69, 9.17) is 19.7 Å². The lowest BCUT2D eigenvalue weighted by Gasteiger charge is -2.13. The van der Waals surface area contributed by atoms with E-state index in [0.29, 0.717) is 34.0 Å². The quantitative estimate of drug-likeness (QED) is 0.375. The van der Waals surface area contributed by atoms with Gasteiger partial charge >= 0.3 is 11.9 Å². The topological polar surface area (TPSA) is 151 Å². The zero-order chi connectivity index (χ0) is 23.0. The van der Waals surface area contributed by atoms with Crippen LogP contribution in [-0.4, -0.2) is 57.9 Å². The summed E-state index contributed by atoms with van der Waals surface area (Å²) in [5.41, 5.74) is 1.68. The van der Waals surface area contributed by atoms with Crippen LogP contribution in [0.25, 0.3) is 0 Å². The van der Waals surface area contributed by atoms with Gasteiger partial charge < -0.3 is 30.3 Å². The van der Waals surface area contributed by atoms with Crippen molar-refractivity contribution in [2.45, 2.75) is 11.5 Å². The molecule has 11 heteroatoms. The molecule has 2 aromatic carbocycles. The van der Waals surface area contributed by atoms with Crippen molar-refractivity contribution >= 4 is 33.2 Å². The van der Waals surface area contributed by atoms with E-state index in [-0.39, 0.29) is 24.6 Å². The molecular formula is C20H24N2O8S. The lowest BCUT2D eigenvalue weighted by molar-refractivity contribution is -0.135. The predicted molar refractivity (Wildman–Crippen MR) is 115 cm³/mol. The van der Waals surface area contributed by atoms with E-state index in [9.17, 15) is 18.0 Å². The van der Waals surface area contributed by atoms with Crippen LogP contribution >= 0.6 is 0 Å². The number of carboxylic acids is 2. The Hall–Kier alpha value is -3.47. The largest absolute Gasteiger partial charge is 0.495 e. The maximum absolute atomic E-state index is 12.7. The van der Waals surface area contributed by atoms with Crippen LogP contribution < -0.4 is 20.1 Å². The van der Waals surface area contributed by atoms with Gasteiger partial charge in [-0.3, -0.25) is 9.59 Å². The van der Waals surface area contributed by atoms with Gasteiger partial charge in [-0.1, -0.05) is 12.1 Å². The first-order valence-electron chi connectivity index (χ1n) is 9.09. The summed E-state index contributed by atoms with van der Waals surface area (Å²) in [5, 5.41) is 23.1. The standard InChI is InChI=1S/C20H24N2O8S/c1-29-17-5-3-13(7-15(17)21-9-19(23)24)11-31(27,28)12-14-4-6-18(30-2)16(8-14)22-10-20(25)26/h3-8,21-22H,9-12H2,1-2H3,(H,23,24)(H,25,26). The summed E-state index contributed by atoms with van der Waals surface area (Å²) in [4.78, 5) is 21.6. The number of carbonyl (C=O) groups is 2. The third-order valence-electron chi connectivity index (χ3n) is 4.16. The van der Waals surface area contributed by atoms with Crippen LogP contribution in [0.1, 0.15) is 11.1 Å². The molecule has 4 N–H and O–H groups in total. The average molecular weight is 452 g/mol. The summed E-state index contributed by atoms with van der Waals surface area (Å²) in [7, 11) is -0.737. The number of methoxy groups -OCH3 is 2. The summed E-state index contributed by atoms with van der Waals surface area (Å²) in [6.45, 7) is -0.685. The van der Waals surface area contributed by atoms with Gasteiger partial charge in [-0.2, -0.15) is 0 Å². The van der Waals surface area contributed by atoms with Crippen molar-refractivity contribution in [1.82, 2.24) is 0 Å². The monoisotopic (exact) mass is 452 g/mol. The summed E-state index contributed by atoms with van der Waals surface area (Å²) in [5.74, 6) is -1.89. The summed E-state index contributed by atoms with van der Waals surface area (Å²) in [6, 6.07) is 9.39. The van der Waals surface area contributed by atoms with E-state index in [2.05, 4.69) is 10.6 Å². The van der Waals surface area contributed by atoms with Gasteiger partial charge in [0.05, 0.1) is 37.1 Å². The fourth-order valence-electron chi connectivity index (χ4n) is 2.87. The Bertz CT molecular complexity index is 976. The Kier molecular flexibility index (Phi) is 8.08. The summed E-state index contributed by atoms with van der Waals surface area (Å²) in [6.07, 6.45) is 0. The van der Waals surface area contributed by atoms with Gasteiger partial charge in [0.25, 0.3) is 0 Å². The highest BCUT2D eigenvalue weighted by Gasteiger charge is 2.17. The molecule has 0 aliphatic rings. The molecule has 0 fully saturated rings. The molecule has 0 spiro atoms. The molecule has 168 valence electrons. The second-order valence-electron chi connectivity index (χ2n) is 6.60. The second kappa shape index (κ2) is 10.5. The van der Waals surface area contributed by atoms with Gasteiger partial charge in [0.15, 0.2) is 9.84 Å². The van der Waals surface area contributed by atoms with E-state index < -0.39 is 21.8 Å². The number of aliphatic carboxylic acids is 2. The van der Waals surface area contributed by atoms with Crippen molar-refractivity contribution in [3.8, 4) is 11.5 Å². The van der Waals surface area contributed by atoms with Gasteiger partial charge in [0.1, 0.15) is 24.6 Å². The molecule has 0 aliphatic carbocycles. The molecule has 0 atom stereocenters. The van der Waals surface area contributed by atoms with Gasteiger partial charge in [0, 0.05) is 0 Å². The molecule has 0 heterocycles. The van der Waals surface area contributed by atoms with Gasteiger partial charge in [-0.25, -0.2) is 8.42 Å². The maximum Gasteiger partial charge on any atom is 0.322 e. The highest BCUT2D eigenvalue weighted by Crippen LogP contribution is 2.28. The third kappa shape index (κ3) is 7.37. The van der Waals surface area contributed by atoms with Crippen molar-refractivity contribution in [1.29, 1.82) is 0 Å². The highest BCUT2D eigenvalue weighted by atomic mass is 32.2. The molecule has 31 heavy (non-hydrogen) atoms. The normalized spacial score (nSPS) is 10.9.